The molecule has 2 aromatic carbocycles. The van der Waals surface area contributed by atoms with E-state index in [9.17, 15) is 9.59 Å². The van der Waals surface area contributed by atoms with Crippen LogP contribution in [0.4, 0.5) is 0 Å². The number of carbonyl (C=O) groups is 2. The first-order chi connectivity index (χ1) is 15.0. The highest BCUT2D eigenvalue weighted by molar-refractivity contribution is 6.00. The van der Waals surface area contributed by atoms with E-state index in [1.165, 1.54) is 11.8 Å². The van der Waals surface area contributed by atoms with Gasteiger partial charge in [-0.2, -0.15) is 0 Å². The van der Waals surface area contributed by atoms with Crippen molar-refractivity contribution in [3.8, 4) is 11.5 Å². The van der Waals surface area contributed by atoms with Gasteiger partial charge in [-0.1, -0.05) is 30.3 Å². The van der Waals surface area contributed by atoms with Crippen molar-refractivity contribution in [1.29, 1.82) is 0 Å². The Kier molecular flexibility index (Phi) is 7.67. The molecule has 3 rings (SSSR count). The quantitative estimate of drug-likeness (QED) is 0.654. The molecule has 0 bridgehead atoms. The van der Waals surface area contributed by atoms with Crippen LogP contribution in [0.15, 0.2) is 54.2 Å². The summed E-state index contributed by atoms with van der Waals surface area (Å²) < 4.78 is 10.7. The molecule has 2 aromatic rings. The molecule has 1 aliphatic heterocycles. The van der Waals surface area contributed by atoms with Gasteiger partial charge < -0.3 is 24.6 Å². The second-order valence-electron chi connectivity index (χ2n) is 7.56. The molecule has 1 heterocycles. The topological polar surface area (TPSA) is 72.3 Å². The Morgan fingerprint density at radius 3 is 2.32 bits per heavy atom. The number of nitrogens with one attached hydrogen (secondary N) is 2. The van der Waals surface area contributed by atoms with Gasteiger partial charge in [-0.25, -0.2) is 0 Å². The number of benzene rings is 2. The summed E-state index contributed by atoms with van der Waals surface area (Å²) in [7, 11) is 3.26. The number of amides is 2. The summed E-state index contributed by atoms with van der Waals surface area (Å²) in [6.45, 7) is 5.19. The lowest BCUT2D eigenvalue weighted by atomic mass is 10.1. The SMILES string of the molecule is COc1ccc(C[NH+]2CCN(C(=O)/C(=C/c3ccccc3)NC(C)=O)CC2)cc1OC. The fraction of sp³-hybridized carbons (Fsp3) is 0.333. The molecular weight excluding hydrogens is 394 g/mol. The van der Waals surface area contributed by atoms with Gasteiger partial charge in [0.25, 0.3) is 5.91 Å². The number of rotatable bonds is 7. The van der Waals surface area contributed by atoms with Crippen molar-refractivity contribution >= 4 is 17.9 Å². The average molecular weight is 425 g/mol. The molecule has 0 saturated carbocycles. The lowest BCUT2D eigenvalue weighted by Gasteiger charge is -2.32. The van der Waals surface area contributed by atoms with Gasteiger partial charge in [-0.15, -0.1) is 0 Å². The molecule has 164 valence electrons. The van der Waals surface area contributed by atoms with Crippen LogP contribution in [-0.4, -0.2) is 57.1 Å². The smallest absolute Gasteiger partial charge is 0.270 e. The molecule has 1 aliphatic rings. The molecule has 31 heavy (non-hydrogen) atoms. The van der Waals surface area contributed by atoms with E-state index in [2.05, 4.69) is 5.32 Å². The third-order valence-corrected chi connectivity index (χ3v) is 5.31. The normalized spacial score (nSPS) is 14.8. The summed E-state index contributed by atoms with van der Waals surface area (Å²) in [6, 6.07) is 15.5. The van der Waals surface area contributed by atoms with E-state index in [0.717, 1.165) is 36.5 Å². The van der Waals surface area contributed by atoms with Gasteiger partial charge in [0, 0.05) is 12.5 Å². The Labute approximate surface area is 183 Å². The van der Waals surface area contributed by atoms with Gasteiger partial charge in [0.05, 0.1) is 40.4 Å². The predicted molar refractivity (Wildman–Crippen MR) is 119 cm³/mol. The van der Waals surface area contributed by atoms with Crippen LogP contribution < -0.4 is 19.7 Å². The molecule has 0 aliphatic carbocycles. The number of quaternary nitrogens is 1. The monoisotopic (exact) mass is 424 g/mol. The minimum Gasteiger partial charge on any atom is -0.493 e. The van der Waals surface area contributed by atoms with Crippen LogP contribution in [-0.2, 0) is 16.1 Å². The van der Waals surface area contributed by atoms with Gasteiger partial charge in [0.2, 0.25) is 5.91 Å². The number of carbonyl (C=O) groups excluding carboxylic acids is 2. The van der Waals surface area contributed by atoms with Crippen molar-refractivity contribution < 1.29 is 24.0 Å². The van der Waals surface area contributed by atoms with Crippen molar-refractivity contribution in [3.63, 3.8) is 0 Å². The molecule has 7 heteroatoms. The maximum Gasteiger partial charge on any atom is 0.270 e. The zero-order chi connectivity index (χ0) is 22.2. The zero-order valence-corrected chi connectivity index (χ0v) is 18.3. The minimum absolute atomic E-state index is 0.149. The summed E-state index contributed by atoms with van der Waals surface area (Å²) in [4.78, 5) is 27.9. The molecule has 0 spiro atoms. The molecule has 2 N–H and O–H groups in total. The van der Waals surface area contributed by atoms with Gasteiger partial charge in [0.15, 0.2) is 11.5 Å². The highest BCUT2D eigenvalue weighted by Crippen LogP contribution is 2.27. The van der Waals surface area contributed by atoms with Crippen molar-refractivity contribution in [1.82, 2.24) is 10.2 Å². The maximum atomic E-state index is 13.1. The predicted octanol–water partition coefficient (Wildman–Crippen LogP) is 1.11. The van der Waals surface area contributed by atoms with Gasteiger partial charge in [0.1, 0.15) is 12.2 Å². The standard InChI is InChI=1S/C24H29N3O4/c1-18(28)25-21(15-19-7-5-4-6-8-19)24(29)27-13-11-26(12-14-27)17-20-9-10-22(30-2)23(16-20)31-3/h4-10,15-16H,11-14,17H2,1-3H3,(H,25,28)/p+1/b21-15-. The van der Waals surface area contributed by atoms with E-state index in [1.807, 2.05) is 53.4 Å². The first-order valence-electron chi connectivity index (χ1n) is 10.4. The highest BCUT2D eigenvalue weighted by Gasteiger charge is 2.26. The largest absolute Gasteiger partial charge is 0.493 e. The van der Waals surface area contributed by atoms with Crippen LogP contribution in [0.25, 0.3) is 6.08 Å². The minimum atomic E-state index is -0.256. The third kappa shape index (κ3) is 6.08. The summed E-state index contributed by atoms with van der Waals surface area (Å²) in [5, 5.41) is 2.70. The molecule has 0 aromatic heterocycles. The Morgan fingerprint density at radius 1 is 1.03 bits per heavy atom. The van der Waals surface area contributed by atoms with Gasteiger partial charge in [-0.3, -0.25) is 9.59 Å². The molecule has 1 saturated heterocycles. The maximum absolute atomic E-state index is 13.1. The second-order valence-corrected chi connectivity index (χ2v) is 7.56. The molecule has 0 radical (unpaired) electrons. The summed E-state index contributed by atoms with van der Waals surface area (Å²) >= 11 is 0. The van der Waals surface area contributed by atoms with E-state index in [1.54, 1.807) is 20.3 Å². The van der Waals surface area contributed by atoms with Crippen molar-refractivity contribution in [3.05, 3.63) is 65.4 Å². The number of hydrogen-bond donors (Lipinski definition) is 2. The molecule has 0 atom stereocenters. The van der Waals surface area contributed by atoms with Crippen molar-refractivity contribution in [2.45, 2.75) is 13.5 Å². The Morgan fingerprint density at radius 2 is 1.71 bits per heavy atom. The van der Waals surface area contributed by atoms with Gasteiger partial charge in [-0.05, 0) is 29.8 Å². The van der Waals surface area contributed by atoms with Crippen molar-refractivity contribution in [2.75, 3.05) is 40.4 Å². The second kappa shape index (κ2) is 10.6. The van der Waals surface area contributed by atoms with Gasteiger partial charge >= 0.3 is 0 Å². The Hall–Kier alpha value is -3.32. The van der Waals surface area contributed by atoms with E-state index >= 15 is 0 Å². The molecule has 7 nitrogen and oxygen atoms in total. The first kappa shape index (κ1) is 22.4. The van der Waals surface area contributed by atoms with Crippen LogP contribution >= 0.6 is 0 Å². The summed E-state index contributed by atoms with van der Waals surface area (Å²) in [5.41, 5.74) is 2.34. The van der Waals surface area contributed by atoms with Crippen molar-refractivity contribution in [2.24, 2.45) is 0 Å². The zero-order valence-electron chi connectivity index (χ0n) is 18.3. The number of methoxy groups -OCH3 is 2. The average Bonchev–Trinajstić information content (AvgIpc) is 2.79. The van der Waals surface area contributed by atoms with E-state index in [4.69, 9.17) is 9.47 Å². The molecular formula is C24H30N3O4+. The number of nitrogens with zero attached hydrogens (tertiary/aromatic N) is 1. The Balaban J connectivity index is 1.63. The molecule has 2 amide bonds. The highest BCUT2D eigenvalue weighted by atomic mass is 16.5. The molecule has 0 unspecified atom stereocenters. The lowest BCUT2D eigenvalue weighted by molar-refractivity contribution is -0.917. The summed E-state index contributed by atoms with van der Waals surface area (Å²) in [6.07, 6.45) is 1.73. The van der Waals surface area contributed by atoms with Crippen LogP contribution in [0, 0.1) is 0 Å². The molecule has 1 fully saturated rings. The Bertz CT molecular complexity index is 935. The van der Waals surface area contributed by atoms with E-state index in [0.29, 0.717) is 24.5 Å². The third-order valence-electron chi connectivity index (χ3n) is 5.31. The van der Waals surface area contributed by atoms with Crippen LogP contribution in [0.1, 0.15) is 18.1 Å². The summed E-state index contributed by atoms with van der Waals surface area (Å²) in [5.74, 6) is 1.03. The van der Waals surface area contributed by atoms with E-state index < -0.39 is 0 Å². The van der Waals surface area contributed by atoms with Crippen LogP contribution in [0.3, 0.4) is 0 Å². The van der Waals surface area contributed by atoms with E-state index in [-0.39, 0.29) is 11.8 Å². The van der Waals surface area contributed by atoms with Crippen LogP contribution in [0.2, 0.25) is 0 Å². The fourth-order valence-corrected chi connectivity index (χ4v) is 3.71. The number of ether oxygens (including phenoxy) is 2. The number of piperazine rings is 1. The lowest BCUT2D eigenvalue weighted by Crippen LogP contribution is -3.13. The fourth-order valence-electron chi connectivity index (χ4n) is 3.71. The number of hydrogen-bond acceptors (Lipinski definition) is 4. The van der Waals surface area contributed by atoms with Crippen LogP contribution in [0.5, 0.6) is 11.5 Å². The first-order valence-corrected chi connectivity index (χ1v) is 10.4.